The molecule has 0 amide bonds. The lowest BCUT2D eigenvalue weighted by molar-refractivity contribution is -0.755. The molecule has 0 bridgehead atoms. The van der Waals surface area contributed by atoms with E-state index in [0.29, 0.717) is 0 Å². The molecule has 0 radical (unpaired) electrons. The maximum absolute atomic E-state index is 8.99. The van der Waals surface area contributed by atoms with Crippen molar-refractivity contribution >= 4 is 0 Å². The lowest BCUT2D eigenvalue weighted by Crippen LogP contribution is -3.00. The zero-order valence-corrected chi connectivity index (χ0v) is 8.19. The van der Waals surface area contributed by atoms with Gasteiger partial charge in [0.15, 0.2) is 6.23 Å². The monoisotopic (exact) mass is 254 g/mol. The van der Waals surface area contributed by atoms with E-state index >= 15 is 0 Å². The molecule has 1 N–H and O–H groups in total. The van der Waals surface area contributed by atoms with Crippen LogP contribution in [0.1, 0.15) is 13.2 Å². The summed E-state index contributed by atoms with van der Waals surface area (Å²) in [6, 6.07) is 0. The highest BCUT2D eigenvalue weighted by Gasteiger charge is 2.03. The molecule has 0 aliphatic heterocycles. The second-order valence-electron chi connectivity index (χ2n) is 2.16. The minimum absolute atomic E-state index is 0. The van der Waals surface area contributed by atoms with Crippen LogP contribution < -0.4 is 28.5 Å². The van der Waals surface area contributed by atoms with Gasteiger partial charge >= 0.3 is 0 Å². The quantitative estimate of drug-likeness (QED) is 0.416. The molecule has 0 aromatic carbocycles. The Kier molecular flexibility index (Phi) is 3.88. The van der Waals surface area contributed by atoms with E-state index in [2.05, 4.69) is 0 Å². The van der Waals surface area contributed by atoms with E-state index in [1.165, 1.54) is 0 Å². The summed E-state index contributed by atoms with van der Waals surface area (Å²) in [5, 5.41) is 8.99. The third-order valence-electron chi connectivity index (χ3n) is 1.22. The second kappa shape index (κ2) is 3.92. The van der Waals surface area contributed by atoms with Crippen molar-refractivity contribution < 1.29 is 33.7 Å². The predicted molar refractivity (Wildman–Crippen MR) is 32.5 cm³/mol. The van der Waals surface area contributed by atoms with Gasteiger partial charge in [-0.15, -0.1) is 0 Å². The van der Waals surface area contributed by atoms with Crippen LogP contribution in [0.2, 0.25) is 0 Å². The van der Waals surface area contributed by atoms with Crippen LogP contribution in [0.4, 0.5) is 0 Å². The van der Waals surface area contributed by atoms with Crippen LogP contribution >= 0.6 is 0 Å². The van der Waals surface area contributed by atoms with E-state index in [9.17, 15) is 0 Å². The molecule has 0 spiro atoms. The van der Waals surface area contributed by atoms with E-state index in [1.54, 1.807) is 11.5 Å². The van der Waals surface area contributed by atoms with Crippen LogP contribution in [0.15, 0.2) is 18.7 Å². The van der Waals surface area contributed by atoms with E-state index in [0.717, 1.165) is 0 Å². The molecule has 0 saturated carbocycles. The van der Waals surface area contributed by atoms with Gasteiger partial charge in [0.2, 0.25) is 6.33 Å². The molecule has 1 heterocycles. The summed E-state index contributed by atoms with van der Waals surface area (Å²) in [4.78, 5) is 0. The Morgan fingerprint density at radius 1 is 1.60 bits per heavy atom. The molecule has 1 unspecified atom stereocenters. The average molecular weight is 254 g/mol. The molecule has 3 nitrogen and oxygen atoms in total. The maximum Gasteiger partial charge on any atom is 0.245 e. The van der Waals surface area contributed by atoms with Gasteiger partial charge < -0.3 is 29.1 Å². The molecule has 1 aromatic heterocycles. The zero-order valence-electron chi connectivity index (χ0n) is 6.03. The molecule has 1 aromatic rings. The van der Waals surface area contributed by atoms with Crippen molar-refractivity contribution in [3.05, 3.63) is 18.7 Å². The fraction of sp³-hybridized carbons (Fsp3) is 0.500. The lowest BCUT2D eigenvalue weighted by Gasteiger charge is -1.94. The molecule has 0 aliphatic carbocycles. The molecule has 4 heteroatoms. The van der Waals surface area contributed by atoms with Crippen molar-refractivity contribution in [1.82, 2.24) is 4.57 Å². The summed E-state index contributed by atoms with van der Waals surface area (Å²) >= 11 is 0. The van der Waals surface area contributed by atoms with Gasteiger partial charge in [0.05, 0.1) is 7.05 Å². The summed E-state index contributed by atoms with van der Waals surface area (Å²) in [7, 11) is 1.92. The van der Waals surface area contributed by atoms with Crippen molar-refractivity contribution in [3.63, 3.8) is 0 Å². The first kappa shape index (κ1) is 9.90. The number of aromatic nitrogens is 2. The molecule has 58 valence electrons. The summed E-state index contributed by atoms with van der Waals surface area (Å²) in [6.07, 6.45) is 5.10. The summed E-state index contributed by atoms with van der Waals surface area (Å²) < 4.78 is 3.60. The first-order valence-electron chi connectivity index (χ1n) is 2.91. The zero-order chi connectivity index (χ0) is 6.85. The molecule has 0 aliphatic rings. The normalized spacial score (nSPS) is 12.3. The van der Waals surface area contributed by atoms with Crippen molar-refractivity contribution in [2.24, 2.45) is 7.05 Å². The number of nitrogens with zero attached hydrogens (tertiary/aromatic N) is 2. The van der Waals surface area contributed by atoms with Crippen LogP contribution in [0.25, 0.3) is 0 Å². The summed E-state index contributed by atoms with van der Waals surface area (Å²) in [6.45, 7) is 1.72. The van der Waals surface area contributed by atoms with Crippen LogP contribution in [-0.2, 0) is 7.05 Å². The minimum Gasteiger partial charge on any atom is -1.00 e. The molecule has 1 atom stereocenters. The molecule has 10 heavy (non-hydrogen) atoms. The third kappa shape index (κ3) is 2.26. The molecule has 0 saturated heterocycles. The summed E-state index contributed by atoms with van der Waals surface area (Å²) in [5.41, 5.74) is 0. The van der Waals surface area contributed by atoms with Gasteiger partial charge in [-0.3, -0.25) is 0 Å². The average Bonchev–Trinajstić information content (AvgIpc) is 2.14. The first-order chi connectivity index (χ1) is 4.20. The van der Waals surface area contributed by atoms with Gasteiger partial charge in [0.25, 0.3) is 0 Å². The van der Waals surface area contributed by atoms with Crippen LogP contribution in [-0.4, -0.2) is 9.67 Å². The maximum atomic E-state index is 8.99. The highest BCUT2D eigenvalue weighted by atomic mass is 127. The van der Waals surface area contributed by atoms with Gasteiger partial charge in [-0.1, -0.05) is 0 Å². The molecule has 0 fully saturated rings. The number of hydrogen-bond acceptors (Lipinski definition) is 1. The van der Waals surface area contributed by atoms with Crippen molar-refractivity contribution in [2.75, 3.05) is 0 Å². The number of imidazole rings is 1. The number of aliphatic hydroxyl groups is 1. The van der Waals surface area contributed by atoms with E-state index < -0.39 is 6.23 Å². The molecular weight excluding hydrogens is 243 g/mol. The van der Waals surface area contributed by atoms with Gasteiger partial charge in [0.1, 0.15) is 12.4 Å². The Labute approximate surface area is 77.3 Å². The fourth-order valence-electron chi connectivity index (χ4n) is 0.690. The van der Waals surface area contributed by atoms with Crippen LogP contribution in [0.5, 0.6) is 0 Å². The van der Waals surface area contributed by atoms with Crippen LogP contribution in [0, 0.1) is 0 Å². The van der Waals surface area contributed by atoms with Crippen molar-refractivity contribution in [1.29, 1.82) is 0 Å². The third-order valence-corrected chi connectivity index (χ3v) is 1.22. The van der Waals surface area contributed by atoms with Gasteiger partial charge in [0, 0.05) is 6.92 Å². The highest BCUT2D eigenvalue weighted by molar-refractivity contribution is 4.62. The topological polar surface area (TPSA) is 29.0 Å². The Hall–Kier alpha value is -0.100. The highest BCUT2D eigenvalue weighted by Crippen LogP contribution is 1.85. The predicted octanol–water partition coefficient (Wildman–Crippen LogP) is -3.17. The van der Waals surface area contributed by atoms with Gasteiger partial charge in [-0.25, -0.2) is 9.13 Å². The Balaban J connectivity index is 0.000000810. The largest absolute Gasteiger partial charge is 1.00 e. The minimum atomic E-state index is -0.425. The Bertz CT molecular complexity index is 197. The van der Waals surface area contributed by atoms with Gasteiger partial charge in [-0.2, -0.15) is 0 Å². The fourth-order valence-corrected chi connectivity index (χ4v) is 0.690. The Morgan fingerprint density at radius 2 is 2.20 bits per heavy atom. The van der Waals surface area contributed by atoms with Gasteiger partial charge in [-0.05, 0) is 0 Å². The van der Waals surface area contributed by atoms with E-state index in [-0.39, 0.29) is 24.0 Å². The standard InChI is InChI=1S/C6H11N2O.HI/c1-6(9)8-4-3-7(2)5-8;/h3-6,9H,1-2H3;1H/q+1;/p-1. The first-order valence-corrected chi connectivity index (χ1v) is 2.91. The SMILES string of the molecule is CC(O)[n+]1ccn(C)c1.[I-]. The van der Waals surface area contributed by atoms with Crippen molar-refractivity contribution in [3.8, 4) is 0 Å². The number of hydrogen-bond donors (Lipinski definition) is 1. The number of aliphatic hydroxyl groups excluding tert-OH is 1. The molecule has 1 rings (SSSR count). The van der Waals surface area contributed by atoms with E-state index in [1.807, 2.05) is 30.3 Å². The lowest BCUT2D eigenvalue weighted by atomic mass is 10.6. The number of aryl methyl sites for hydroxylation is 1. The Morgan fingerprint density at radius 3 is 2.40 bits per heavy atom. The smallest absolute Gasteiger partial charge is 0.245 e. The van der Waals surface area contributed by atoms with Crippen molar-refractivity contribution in [2.45, 2.75) is 13.2 Å². The van der Waals surface area contributed by atoms with Crippen LogP contribution in [0.3, 0.4) is 0 Å². The second-order valence-corrected chi connectivity index (χ2v) is 2.16. The number of rotatable bonds is 1. The number of halogens is 1. The summed E-state index contributed by atoms with van der Waals surface area (Å²) in [5.74, 6) is 0. The van der Waals surface area contributed by atoms with E-state index in [4.69, 9.17) is 5.11 Å². The molecular formula is C6H11IN2O.